The van der Waals surface area contributed by atoms with E-state index in [9.17, 15) is 21.0 Å². The SMILES string of the molecule is CCCN(CCC)P1(F)=NP(F)(F)=NP(F)(F)=N1. The highest BCUT2D eigenvalue weighted by atomic mass is 31.3. The second-order valence-corrected chi connectivity index (χ2v) is 9.15. The van der Waals surface area contributed by atoms with Gasteiger partial charge in [0, 0.05) is 13.1 Å². The Labute approximate surface area is 103 Å². The van der Waals surface area contributed by atoms with E-state index in [2.05, 4.69) is 9.03 Å². The maximum atomic E-state index is 14.3. The van der Waals surface area contributed by atoms with Crippen LogP contribution in [0.25, 0.3) is 0 Å². The molecule has 108 valence electrons. The van der Waals surface area contributed by atoms with Crippen LogP contribution in [0.2, 0.25) is 0 Å². The monoisotopic (exact) mass is 330 g/mol. The average molecular weight is 330 g/mol. The molecule has 0 saturated carbocycles. The van der Waals surface area contributed by atoms with E-state index < -0.39 is 23.3 Å². The molecule has 0 N–H and O–H groups in total. The summed E-state index contributed by atoms with van der Waals surface area (Å²) in [6.07, 6.45) is 0.893. The quantitative estimate of drug-likeness (QED) is 0.403. The fourth-order valence-corrected chi connectivity index (χ4v) is 7.89. The average Bonchev–Trinajstić information content (AvgIpc) is 2.11. The highest BCUT2D eigenvalue weighted by molar-refractivity contribution is 7.78. The van der Waals surface area contributed by atoms with E-state index in [1.165, 1.54) is 0 Å². The first-order chi connectivity index (χ1) is 8.14. The summed E-state index contributed by atoms with van der Waals surface area (Å²) in [6, 6.07) is 0. The molecular formula is C6H14F5N4P3. The predicted molar refractivity (Wildman–Crippen MR) is 65.7 cm³/mol. The Morgan fingerprint density at radius 2 is 1.22 bits per heavy atom. The topological polar surface area (TPSA) is 40.3 Å². The van der Waals surface area contributed by atoms with Crippen molar-refractivity contribution in [1.29, 1.82) is 0 Å². The molecular weight excluding hydrogens is 316 g/mol. The molecule has 0 fully saturated rings. The van der Waals surface area contributed by atoms with E-state index in [0.29, 0.717) is 12.8 Å². The van der Waals surface area contributed by atoms with Crippen LogP contribution in [0.4, 0.5) is 21.0 Å². The number of halogens is 5. The maximum Gasteiger partial charge on any atom is 0.424 e. The number of nitrogens with zero attached hydrogens (tertiary/aromatic N) is 4. The number of hydrogen-bond donors (Lipinski definition) is 0. The smallest absolute Gasteiger partial charge is 0.226 e. The van der Waals surface area contributed by atoms with E-state index in [4.69, 9.17) is 0 Å². The highest BCUT2D eigenvalue weighted by Crippen LogP contribution is 2.82. The molecule has 0 aliphatic carbocycles. The molecule has 0 spiro atoms. The Morgan fingerprint density at radius 3 is 1.61 bits per heavy atom. The van der Waals surface area contributed by atoms with Crippen LogP contribution in [0.1, 0.15) is 26.7 Å². The third-order valence-corrected chi connectivity index (χ3v) is 8.37. The van der Waals surface area contributed by atoms with Gasteiger partial charge in [-0.2, -0.15) is 4.20 Å². The van der Waals surface area contributed by atoms with Crippen LogP contribution < -0.4 is 0 Å². The van der Waals surface area contributed by atoms with Gasteiger partial charge in [0.2, 0.25) is 0 Å². The Hall–Kier alpha value is 0.300. The van der Waals surface area contributed by atoms with Crippen molar-refractivity contribution in [3.8, 4) is 0 Å². The van der Waals surface area contributed by atoms with Crippen molar-refractivity contribution in [1.82, 2.24) is 4.67 Å². The van der Waals surface area contributed by atoms with E-state index >= 15 is 0 Å². The zero-order valence-corrected chi connectivity index (χ0v) is 12.5. The first kappa shape index (κ1) is 16.4. The number of hydrogen-bond acceptors (Lipinski definition) is 4. The van der Waals surface area contributed by atoms with Crippen molar-refractivity contribution in [2.45, 2.75) is 26.7 Å². The summed E-state index contributed by atoms with van der Waals surface area (Å²) >= 11 is 0. The summed E-state index contributed by atoms with van der Waals surface area (Å²) < 4.78 is 74.8. The Kier molecular flexibility index (Phi) is 5.21. The Balaban J connectivity index is 3.31. The lowest BCUT2D eigenvalue weighted by Crippen LogP contribution is -2.20. The summed E-state index contributed by atoms with van der Waals surface area (Å²) in [7, 11) is -15.8. The zero-order valence-electron chi connectivity index (χ0n) is 9.85. The van der Waals surface area contributed by atoms with Gasteiger partial charge in [-0.25, -0.2) is 4.67 Å². The molecule has 0 saturated heterocycles. The Bertz CT molecular complexity index is 452. The molecule has 0 radical (unpaired) electrons. The van der Waals surface area contributed by atoms with Gasteiger partial charge in [-0.15, -0.1) is 30.3 Å². The maximum absolute atomic E-state index is 14.3. The molecule has 0 bridgehead atoms. The summed E-state index contributed by atoms with van der Waals surface area (Å²) in [5, 5.41) is 0. The van der Waals surface area contributed by atoms with Gasteiger partial charge in [0.15, 0.2) is 0 Å². The molecule has 1 aliphatic heterocycles. The largest absolute Gasteiger partial charge is 0.424 e. The molecule has 0 aromatic heterocycles. The van der Waals surface area contributed by atoms with Gasteiger partial charge in [0.05, 0.1) is 0 Å². The van der Waals surface area contributed by atoms with Crippen LogP contribution in [-0.2, 0) is 0 Å². The van der Waals surface area contributed by atoms with Crippen molar-refractivity contribution < 1.29 is 21.0 Å². The molecule has 0 amide bonds. The Morgan fingerprint density at radius 1 is 0.778 bits per heavy atom. The molecule has 1 heterocycles. The molecule has 18 heavy (non-hydrogen) atoms. The van der Waals surface area contributed by atoms with Gasteiger partial charge in [-0.3, -0.25) is 0 Å². The second kappa shape index (κ2) is 5.74. The van der Waals surface area contributed by atoms with E-state index in [0.717, 1.165) is 4.67 Å². The molecule has 12 heteroatoms. The van der Waals surface area contributed by atoms with Crippen LogP contribution in [-0.4, -0.2) is 17.8 Å². The lowest BCUT2D eigenvalue weighted by Gasteiger charge is -2.27. The molecule has 1 rings (SSSR count). The lowest BCUT2D eigenvalue weighted by atomic mass is 10.4. The minimum absolute atomic E-state index is 0.0745. The zero-order chi connectivity index (χ0) is 14.0. The van der Waals surface area contributed by atoms with E-state index in [1.54, 1.807) is 13.8 Å². The van der Waals surface area contributed by atoms with Crippen LogP contribution >= 0.6 is 23.3 Å². The summed E-state index contributed by atoms with van der Waals surface area (Å²) in [5.74, 6) is 0. The molecule has 1 atom stereocenters. The summed E-state index contributed by atoms with van der Waals surface area (Å²) in [5.41, 5.74) is 0. The van der Waals surface area contributed by atoms with Gasteiger partial charge >= 0.3 is 23.3 Å². The molecule has 1 unspecified atom stereocenters. The third kappa shape index (κ3) is 4.16. The summed E-state index contributed by atoms with van der Waals surface area (Å²) in [6.45, 7) is 3.55. The van der Waals surface area contributed by atoms with Crippen molar-refractivity contribution >= 4 is 23.3 Å². The van der Waals surface area contributed by atoms with Gasteiger partial charge in [0.1, 0.15) is 0 Å². The first-order valence-corrected chi connectivity index (χ1v) is 9.78. The van der Waals surface area contributed by atoms with Gasteiger partial charge in [-0.05, 0) is 12.8 Å². The van der Waals surface area contributed by atoms with Gasteiger partial charge in [0.25, 0.3) is 0 Å². The summed E-state index contributed by atoms with van der Waals surface area (Å²) in [4.78, 5) is 0. The molecule has 1 aliphatic rings. The second-order valence-electron chi connectivity index (χ2n) is 3.63. The van der Waals surface area contributed by atoms with Crippen LogP contribution in [0.5, 0.6) is 0 Å². The van der Waals surface area contributed by atoms with Gasteiger partial charge in [-0.1, -0.05) is 13.8 Å². The first-order valence-electron chi connectivity index (χ1n) is 5.29. The van der Waals surface area contributed by atoms with E-state index in [-0.39, 0.29) is 13.1 Å². The molecule has 0 aromatic rings. The van der Waals surface area contributed by atoms with Crippen molar-refractivity contribution in [3.63, 3.8) is 0 Å². The van der Waals surface area contributed by atoms with Gasteiger partial charge < -0.3 is 0 Å². The third-order valence-electron chi connectivity index (χ3n) is 1.98. The fraction of sp³-hybridized carbons (Fsp3) is 1.00. The van der Waals surface area contributed by atoms with Crippen LogP contribution in [0.3, 0.4) is 0 Å². The predicted octanol–water partition coefficient (Wildman–Crippen LogP) is 6.81. The van der Waals surface area contributed by atoms with E-state index in [1.807, 2.05) is 4.52 Å². The van der Waals surface area contributed by atoms with Crippen molar-refractivity contribution in [3.05, 3.63) is 0 Å². The number of rotatable bonds is 5. The standard InChI is InChI=1S/C6H14F5N4P3/c1-3-5-15(6-4-2)18(11)13-16(7,8)12-17(9,10)14-18/h3-6H2,1-2H3. The van der Waals surface area contributed by atoms with Crippen molar-refractivity contribution in [2.24, 2.45) is 13.5 Å². The lowest BCUT2D eigenvalue weighted by molar-refractivity contribution is 0.426. The normalized spacial score (nSPS) is 29.3. The fourth-order valence-electron chi connectivity index (χ4n) is 1.45. The molecule has 0 aromatic carbocycles. The van der Waals surface area contributed by atoms with Crippen LogP contribution in [0.15, 0.2) is 13.5 Å². The van der Waals surface area contributed by atoms with Crippen molar-refractivity contribution in [2.75, 3.05) is 13.1 Å². The minimum atomic E-state index is -5.59. The molecule has 4 nitrogen and oxygen atoms in total. The minimum Gasteiger partial charge on any atom is -0.226 e. The highest BCUT2D eigenvalue weighted by Gasteiger charge is 2.41. The van der Waals surface area contributed by atoms with Crippen LogP contribution in [0, 0.1) is 0 Å².